The van der Waals surface area contributed by atoms with Gasteiger partial charge in [0.25, 0.3) is 0 Å². The number of nitrogens with zero attached hydrogens (tertiary/aromatic N) is 2. The molecule has 2 aliphatic carbocycles. The van der Waals surface area contributed by atoms with Crippen LogP contribution in [0.25, 0.3) is 0 Å². The lowest BCUT2D eigenvalue weighted by molar-refractivity contribution is -0.141. The van der Waals surface area contributed by atoms with Gasteiger partial charge in [0.05, 0.1) is 5.92 Å². The SMILES string of the molecule is N[C@@H]1[C@H](C(=O)N2CC(c3ccncc3)C2)[C@@H]2C=C[C@H]1C2. The number of carbonyl (C=O) groups excluding carboxylic acids is 1. The summed E-state index contributed by atoms with van der Waals surface area (Å²) in [5.41, 5.74) is 7.50. The highest BCUT2D eigenvalue weighted by atomic mass is 16.2. The number of nitrogens with two attached hydrogens (primary N) is 1. The van der Waals surface area contributed by atoms with Crippen molar-refractivity contribution in [1.29, 1.82) is 0 Å². The van der Waals surface area contributed by atoms with Gasteiger partial charge in [-0.15, -0.1) is 0 Å². The molecular weight excluding hydrogens is 250 g/mol. The fourth-order valence-corrected chi connectivity index (χ4v) is 3.92. The van der Waals surface area contributed by atoms with Crippen molar-refractivity contribution in [3.8, 4) is 0 Å². The fraction of sp³-hybridized carbons (Fsp3) is 0.500. The third kappa shape index (κ3) is 1.71. The minimum atomic E-state index is 0.0170. The van der Waals surface area contributed by atoms with Crippen LogP contribution in [0.2, 0.25) is 0 Å². The van der Waals surface area contributed by atoms with Gasteiger partial charge in [0.2, 0.25) is 5.91 Å². The molecule has 1 aliphatic heterocycles. The Labute approximate surface area is 118 Å². The standard InChI is InChI=1S/C16H19N3O/c17-15-12-2-1-11(7-12)14(15)16(20)19-8-13(9-19)10-3-5-18-6-4-10/h1-6,11-15H,7-9,17H2/t11-,12+,14-,15+/m1/s1. The summed E-state index contributed by atoms with van der Waals surface area (Å²) < 4.78 is 0. The molecule has 1 saturated heterocycles. The molecular formula is C16H19N3O. The maximum Gasteiger partial charge on any atom is 0.227 e. The summed E-state index contributed by atoms with van der Waals surface area (Å²) in [4.78, 5) is 18.6. The van der Waals surface area contributed by atoms with Crippen LogP contribution in [0.5, 0.6) is 0 Å². The minimum Gasteiger partial charge on any atom is -0.341 e. The third-order valence-electron chi connectivity index (χ3n) is 5.18. The first-order valence-electron chi connectivity index (χ1n) is 7.36. The number of rotatable bonds is 2. The molecule has 0 unspecified atom stereocenters. The molecule has 1 aromatic heterocycles. The second-order valence-electron chi connectivity index (χ2n) is 6.27. The first-order valence-corrected chi connectivity index (χ1v) is 7.36. The highest BCUT2D eigenvalue weighted by molar-refractivity contribution is 5.82. The number of aromatic nitrogens is 1. The van der Waals surface area contributed by atoms with E-state index >= 15 is 0 Å². The average Bonchev–Trinajstić information content (AvgIpc) is 2.98. The van der Waals surface area contributed by atoms with Crippen LogP contribution in [-0.2, 0) is 4.79 Å². The molecule has 0 spiro atoms. The predicted octanol–water partition coefficient (Wildman–Crippen LogP) is 1.16. The van der Waals surface area contributed by atoms with Crippen molar-refractivity contribution < 1.29 is 4.79 Å². The molecule has 1 aromatic rings. The van der Waals surface area contributed by atoms with Crippen LogP contribution in [0.3, 0.4) is 0 Å². The molecule has 4 heteroatoms. The van der Waals surface area contributed by atoms with Crippen LogP contribution in [0.15, 0.2) is 36.7 Å². The van der Waals surface area contributed by atoms with Crippen LogP contribution < -0.4 is 5.73 Å². The zero-order valence-corrected chi connectivity index (χ0v) is 11.4. The number of allylic oxidation sites excluding steroid dienone is 1. The molecule has 0 aromatic carbocycles. The molecule has 4 nitrogen and oxygen atoms in total. The summed E-state index contributed by atoms with van der Waals surface area (Å²) in [6.07, 6.45) is 9.08. The summed E-state index contributed by atoms with van der Waals surface area (Å²) in [7, 11) is 0. The summed E-state index contributed by atoms with van der Waals surface area (Å²) in [6, 6.07) is 4.11. The quantitative estimate of drug-likeness (QED) is 0.820. The van der Waals surface area contributed by atoms with Gasteiger partial charge in [-0.2, -0.15) is 0 Å². The Morgan fingerprint density at radius 2 is 1.90 bits per heavy atom. The van der Waals surface area contributed by atoms with E-state index in [0.717, 1.165) is 19.5 Å². The Kier molecular flexibility index (Phi) is 2.67. The van der Waals surface area contributed by atoms with E-state index in [0.29, 0.717) is 17.8 Å². The number of hydrogen-bond acceptors (Lipinski definition) is 3. The first kappa shape index (κ1) is 12.1. The van der Waals surface area contributed by atoms with Crippen molar-refractivity contribution in [2.75, 3.05) is 13.1 Å². The zero-order chi connectivity index (χ0) is 13.7. The molecule has 3 aliphatic rings. The lowest BCUT2D eigenvalue weighted by Gasteiger charge is -2.42. The number of fused-ring (bicyclic) bond motifs is 2. The van der Waals surface area contributed by atoms with Crippen molar-refractivity contribution in [2.45, 2.75) is 18.4 Å². The van der Waals surface area contributed by atoms with Crippen molar-refractivity contribution in [3.05, 3.63) is 42.2 Å². The van der Waals surface area contributed by atoms with Crippen molar-refractivity contribution in [1.82, 2.24) is 9.88 Å². The topological polar surface area (TPSA) is 59.2 Å². The second-order valence-corrected chi connectivity index (χ2v) is 6.27. The second kappa shape index (κ2) is 4.42. The zero-order valence-electron chi connectivity index (χ0n) is 11.4. The Balaban J connectivity index is 1.42. The fourth-order valence-electron chi connectivity index (χ4n) is 3.92. The molecule has 4 atom stereocenters. The van der Waals surface area contributed by atoms with Crippen molar-refractivity contribution in [3.63, 3.8) is 0 Å². The lowest BCUT2D eigenvalue weighted by Crippen LogP contribution is -2.54. The van der Waals surface area contributed by atoms with E-state index < -0.39 is 0 Å². The molecule has 1 saturated carbocycles. The predicted molar refractivity (Wildman–Crippen MR) is 75.8 cm³/mol. The number of pyridine rings is 1. The largest absolute Gasteiger partial charge is 0.341 e. The van der Waals surface area contributed by atoms with Gasteiger partial charge in [-0.25, -0.2) is 0 Å². The number of carbonyl (C=O) groups is 1. The Hall–Kier alpha value is -1.68. The van der Waals surface area contributed by atoms with Gasteiger partial charge in [-0.1, -0.05) is 12.2 Å². The van der Waals surface area contributed by atoms with Crippen LogP contribution in [0.1, 0.15) is 17.9 Å². The first-order chi connectivity index (χ1) is 9.74. The van der Waals surface area contributed by atoms with E-state index in [9.17, 15) is 4.79 Å². The smallest absolute Gasteiger partial charge is 0.227 e. The summed E-state index contributed by atoms with van der Waals surface area (Å²) in [6.45, 7) is 1.65. The van der Waals surface area contributed by atoms with Gasteiger partial charge in [-0.05, 0) is 36.0 Å². The van der Waals surface area contributed by atoms with Gasteiger partial charge >= 0.3 is 0 Å². The molecule has 1 amide bonds. The van der Waals surface area contributed by atoms with Gasteiger partial charge in [0.1, 0.15) is 0 Å². The van der Waals surface area contributed by atoms with Gasteiger partial charge < -0.3 is 10.6 Å². The monoisotopic (exact) mass is 269 g/mol. The lowest BCUT2D eigenvalue weighted by atomic mass is 9.85. The summed E-state index contributed by atoms with van der Waals surface area (Å²) in [5, 5.41) is 0. The van der Waals surface area contributed by atoms with Crippen LogP contribution >= 0.6 is 0 Å². The molecule has 104 valence electrons. The van der Waals surface area contributed by atoms with E-state index in [1.165, 1.54) is 5.56 Å². The molecule has 2 bridgehead atoms. The van der Waals surface area contributed by atoms with E-state index in [4.69, 9.17) is 5.73 Å². The molecule has 2 N–H and O–H groups in total. The van der Waals surface area contributed by atoms with Gasteiger partial charge in [-0.3, -0.25) is 9.78 Å². The average molecular weight is 269 g/mol. The number of hydrogen-bond donors (Lipinski definition) is 1. The molecule has 4 rings (SSSR count). The van der Waals surface area contributed by atoms with E-state index in [1.54, 1.807) is 0 Å². The van der Waals surface area contributed by atoms with E-state index in [-0.39, 0.29) is 17.9 Å². The van der Waals surface area contributed by atoms with Crippen LogP contribution in [-0.4, -0.2) is 34.9 Å². The van der Waals surface area contributed by atoms with E-state index in [1.807, 2.05) is 29.4 Å². The molecule has 2 fully saturated rings. The van der Waals surface area contributed by atoms with Crippen molar-refractivity contribution in [2.24, 2.45) is 23.5 Å². The van der Waals surface area contributed by atoms with E-state index in [2.05, 4.69) is 17.1 Å². The molecule has 0 radical (unpaired) electrons. The maximum absolute atomic E-state index is 12.6. The Morgan fingerprint density at radius 3 is 2.55 bits per heavy atom. The maximum atomic E-state index is 12.6. The Bertz CT molecular complexity index is 550. The van der Waals surface area contributed by atoms with Crippen LogP contribution in [0.4, 0.5) is 0 Å². The highest BCUT2D eigenvalue weighted by Gasteiger charge is 2.49. The van der Waals surface area contributed by atoms with Gasteiger partial charge in [0, 0.05) is 37.4 Å². The summed E-state index contributed by atoms with van der Waals surface area (Å²) >= 11 is 0. The normalized spacial score (nSPS) is 35.4. The highest BCUT2D eigenvalue weighted by Crippen LogP contribution is 2.44. The van der Waals surface area contributed by atoms with Crippen LogP contribution in [0, 0.1) is 17.8 Å². The summed E-state index contributed by atoms with van der Waals surface area (Å²) in [5.74, 6) is 1.55. The molecule has 20 heavy (non-hydrogen) atoms. The number of likely N-dealkylation sites (tertiary alicyclic amines) is 1. The minimum absolute atomic E-state index is 0.0170. The van der Waals surface area contributed by atoms with Crippen molar-refractivity contribution >= 4 is 5.91 Å². The molecule has 2 heterocycles. The van der Waals surface area contributed by atoms with Gasteiger partial charge in [0.15, 0.2) is 0 Å². The third-order valence-corrected chi connectivity index (χ3v) is 5.18. The Morgan fingerprint density at radius 1 is 1.20 bits per heavy atom. The number of amides is 1.